The van der Waals surface area contributed by atoms with E-state index in [-0.39, 0.29) is 17.2 Å². The van der Waals surface area contributed by atoms with Gasteiger partial charge >= 0.3 is 5.97 Å². The third kappa shape index (κ3) is 2.31. The number of rotatable bonds is 2. The zero-order valence-electron chi connectivity index (χ0n) is 11.3. The minimum atomic E-state index is -1.12. The topological polar surface area (TPSA) is 73.6 Å². The molecule has 1 aromatic heterocycles. The molecule has 3 rings (SSSR count). The first kappa shape index (κ1) is 13.4. The van der Waals surface area contributed by atoms with Crippen LogP contribution in [0.3, 0.4) is 0 Å². The average Bonchev–Trinajstić information content (AvgIpc) is 2.69. The van der Waals surface area contributed by atoms with Gasteiger partial charge in [-0.2, -0.15) is 5.10 Å². The molecule has 0 saturated heterocycles. The number of hydrogen-bond acceptors (Lipinski definition) is 4. The second-order valence-corrected chi connectivity index (χ2v) is 4.65. The van der Waals surface area contributed by atoms with Gasteiger partial charge in [-0.3, -0.25) is 4.68 Å². The summed E-state index contributed by atoms with van der Waals surface area (Å²) in [6, 6.07) is 4.23. The lowest BCUT2D eigenvalue weighted by Crippen LogP contribution is -2.01. The Morgan fingerprint density at radius 1 is 1.33 bits per heavy atom. The molecule has 7 heteroatoms. The summed E-state index contributed by atoms with van der Waals surface area (Å²) in [4.78, 5) is 11.0. The number of aromatic nitrogens is 2. The van der Waals surface area contributed by atoms with Crippen LogP contribution in [0.15, 0.2) is 18.2 Å². The van der Waals surface area contributed by atoms with Crippen LogP contribution in [0.4, 0.5) is 4.39 Å². The number of carboxylic acids is 1. The molecule has 110 valence electrons. The van der Waals surface area contributed by atoms with Gasteiger partial charge in [0.25, 0.3) is 0 Å². The number of ether oxygens (including phenoxy) is 2. The van der Waals surface area contributed by atoms with Gasteiger partial charge < -0.3 is 14.6 Å². The van der Waals surface area contributed by atoms with E-state index in [4.69, 9.17) is 14.6 Å². The number of aryl methyl sites for hydroxylation is 1. The Bertz CT molecular complexity index is 711. The zero-order valence-corrected chi connectivity index (χ0v) is 11.3. The van der Waals surface area contributed by atoms with Gasteiger partial charge in [0.2, 0.25) is 0 Å². The van der Waals surface area contributed by atoms with Crippen molar-refractivity contribution in [1.29, 1.82) is 0 Å². The van der Waals surface area contributed by atoms with Crippen molar-refractivity contribution < 1.29 is 23.8 Å². The number of carbonyl (C=O) groups is 1. The van der Waals surface area contributed by atoms with E-state index in [0.29, 0.717) is 30.9 Å². The molecule has 0 bridgehead atoms. The molecule has 21 heavy (non-hydrogen) atoms. The highest BCUT2D eigenvalue weighted by Crippen LogP contribution is 2.41. The van der Waals surface area contributed by atoms with Gasteiger partial charge in [-0.05, 0) is 18.2 Å². The number of hydrogen-bond donors (Lipinski definition) is 1. The number of nitrogens with zero attached hydrogens (tertiary/aromatic N) is 2. The van der Waals surface area contributed by atoms with Crippen LogP contribution in [-0.4, -0.2) is 34.1 Å². The van der Waals surface area contributed by atoms with Gasteiger partial charge in [0.1, 0.15) is 0 Å². The SMILES string of the molecule is Cn1nc(C(=O)O)cc1-c1ccc(F)c2c1OCCCO2. The molecule has 1 aliphatic rings. The lowest BCUT2D eigenvalue weighted by molar-refractivity contribution is 0.0689. The van der Waals surface area contributed by atoms with Crippen LogP contribution in [0.1, 0.15) is 16.9 Å². The first-order valence-corrected chi connectivity index (χ1v) is 6.43. The van der Waals surface area contributed by atoms with Crippen molar-refractivity contribution in [2.45, 2.75) is 6.42 Å². The Hall–Kier alpha value is -2.57. The molecule has 0 amide bonds. The van der Waals surface area contributed by atoms with Crippen molar-refractivity contribution in [1.82, 2.24) is 9.78 Å². The number of benzene rings is 1. The molecule has 2 aromatic rings. The summed E-state index contributed by atoms with van der Waals surface area (Å²) in [7, 11) is 1.62. The van der Waals surface area contributed by atoms with E-state index in [1.807, 2.05) is 0 Å². The van der Waals surface area contributed by atoms with Gasteiger partial charge in [-0.1, -0.05) is 0 Å². The van der Waals surface area contributed by atoms with Gasteiger partial charge in [0, 0.05) is 19.0 Å². The summed E-state index contributed by atoms with van der Waals surface area (Å²) in [5, 5.41) is 12.9. The molecule has 1 aliphatic heterocycles. The fourth-order valence-corrected chi connectivity index (χ4v) is 2.25. The summed E-state index contributed by atoms with van der Waals surface area (Å²) < 4.78 is 26.3. The van der Waals surface area contributed by atoms with Crippen molar-refractivity contribution in [3.05, 3.63) is 29.7 Å². The van der Waals surface area contributed by atoms with Crippen LogP contribution in [0.25, 0.3) is 11.3 Å². The fourth-order valence-electron chi connectivity index (χ4n) is 2.25. The Morgan fingerprint density at radius 2 is 2.05 bits per heavy atom. The lowest BCUT2D eigenvalue weighted by Gasteiger charge is -2.13. The predicted octanol–water partition coefficient (Wildman–Crippen LogP) is 2.09. The summed E-state index contributed by atoms with van der Waals surface area (Å²) in [6.45, 7) is 0.784. The Kier molecular flexibility index (Phi) is 3.25. The maximum Gasteiger partial charge on any atom is 0.356 e. The first-order chi connectivity index (χ1) is 10.1. The Balaban J connectivity index is 2.17. The molecular formula is C14H13FN2O4. The molecule has 0 unspecified atom stereocenters. The molecule has 0 aliphatic carbocycles. The van der Waals surface area contributed by atoms with Crippen molar-refractivity contribution in [3.8, 4) is 22.8 Å². The number of aromatic carboxylic acids is 1. The summed E-state index contributed by atoms with van der Waals surface area (Å²) in [6.07, 6.45) is 0.652. The monoisotopic (exact) mass is 292 g/mol. The van der Waals surface area contributed by atoms with E-state index in [0.717, 1.165) is 0 Å². The molecule has 0 saturated carbocycles. The van der Waals surface area contributed by atoms with Crippen molar-refractivity contribution in [2.24, 2.45) is 7.05 Å². The maximum absolute atomic E-state index is 13.9. The van der Waals surface area contributed by atoms with Crippen LogP contribution in [0.5, 0.6) is 11.5 Å². The third-order valence-electron chi connectivity index (χ3n) is 3.22. The fraction of sp³-hybridized carbons (Fsp3) is 0.286. The minimum absolute atomic E-state index is 0.0584. The predicted molar refractivity (Wildman–Crippen MR) is 71.2 cm³/mol. The lowest BCUT2D eigenvalue weighted by atomic mass is 10.1. The Morgan fingerprint density at radius 3 is 2.71 bits per heavy atom. The second-order valence-electron chi connectivity index (χ2n) is 4.65. The van der Waals surface area contributed by atoms with Gasteiger partial charge in [-0.25, -0.2) is 9.18 Å². The average molecular weight is 292 g/mol. The Labute approximate surface area is 119 Å². The molecule has 1 N–H and O–H groups in total. The van der Waals surface area contributed by atoms with Gasteiger partial charge in [-0.15, -0.1) is 0 Å². The largest absolute Gasteiger partial charge is 0.489 e. The second kappa shape index (κ2) is 5.08. The van der Waals surface area contributed by atoms with Crippen LogP contribution in [-0.2, 0) is 7.05 Å². The zero-order chi connectivity index (χ0) is 15.0. The highest BCUT2D eigenvalue weighted by atomic mass is 19.1. The van der Waals surface area contributed by atoms with Crippen LogP contribution in [0.2, 0.25) is 0 Å². The normalized spacial score (nSPS) is 13.8. The quantitative estimate of drug-likeness (QED) is 0.917. The van der Waals surface area contributed by atoms with E-state index in [1.54, 1.807) is 7.05 Å². The van der Waals surface area contributed by atoms with Crippen molar-refractivity contribution in [3.63, 3.8) is 0 Å². The minimum Gasteiger partial charge on any atom is -0.489 e. The van der Waals surface area contributed by atoms with Gasteiger partial charge in [0.15, 0.2) is 23.0 Å². The van der Waals surface area contributed by atoms with E-state index < -0.39 is 11.8 Å². The molecular weight excluding hydrogens is 279 g/mol. The molecule has 0 spiro atoms. The first-order valence-electron chi connectivity index (χ1n) is 6.43. The maximum atomic E-state index is 13.9. The molecule has 6 nitrogen and oxygen atoms in total. The molecule has 2 heterocycles. The van der Waals surface area contributed by atoms with E-state index >= 15 is 0 Å². The number of halogens is 1. The highest BCUT2D eigenvalue weighted by Gasteiger charge is 2.23. The summed E-state index contributed by atoms with van der Waals surface area (Å²) >= 11 is 0. The molecule has 0 fully saturated rings. The molecule has 0 atom stereocenters. The van der Waals surface area contributed by atoms with E-state index in [1.165, 1.54) is 22.9 Å². The summed E-state index contributed by atoms with van der Waals surface area (Å²) in [5.74, 6) is -1.28. The molecule has 1 aromatic carbocycles. The smallest absolute Gasteiger partial charge is 0.356 e. The number of carboxylic acid groups (broad SMARTS) is 1. The van der Waals surface area contributed by atoms with Crippen LogP contribution < -0.4 is 9.47 Å². The van der Waals surface area contributed by atoms with E-state index in [9.17, 15) is 9.18 Å². The third-order valence-corrected chi connectivity index (χ3v) is 3.22. The number of fused-ring (bicyclic) bond motifs is 1. The summed E-state index contributed by atoms with van der Waals surface area (Å²) in [5.41, 5.74) is 0.991. The van der Waals surface area contributed by atoms with Crippen LogP contribution in [0, 0.1) is 5.82 Å². The van der Waals surface area contributed by atoms with Gasteiger partial charge in [0.05, 0.1) is 18.9 Å². The van der Waals surface area contributed by atoms with Crippen molar-refractivity contribution >= 4 is 5.97 Å². The van der Waals surface area contributed by atoms with Crippen LogP contribution >= 0.6 is 0 Å². The standard InChI is InChI=1S/C14H13FN2O4/c1-17-11(7-10(16-17)14(18)19)8-3-4-9(15)13-12(8)20-5-2-6-21-13/h3-4,7H,2,5-6H2,1H3,(H,18,19). The van der Waals surface area contributed by atoms with Crippen molar-refractivity contribution in [2.75, 3.05) is 13.2 Å². The van der Waals surface area contributed by atoms with E-state index in [2.05, 4.69) is 5.10 Å². The molecule has 0 radical (unpaired) electrons. The highest BCUT2D eigenvalue weighted by molar-refractivity contribution is 5.87.